The predicted molar refractivity (Wildman–Crippen MR) is 105 cm³/mol. The van der Waals surface area contributed by atoms with Crippen LogP contribution in [0, 0.1) is 6.92 Å². The molecule has 1 saturated heterocycles. The molecule has 5 rings (SSSR count). The third-order valence-corrected chi connectivity index (χ3v) is 5.42. The van der Waals surface area contributed by atoms with E-state index in [4.69, 9.17) is 20.9 Å². The summed E-state index contributed by atoms with van der Waals surface area (Å²) in [6.07, 6.45) is 0.733. The smallest absolute Gasteiger partial charge is 0.351 e. The molecule has 9 heteroatoms. The van der Waals surface area contributed by atoms with Crippen LogP contribution in [0.15, 0.2) is 51.8 Å². The van der Waals surface area contributed by atoms with Gasteiger partial charge in [-0.05, 0) is 43.2 Å². The largest absolute Gasteiger partial charge is 0.373 e. The van der Waals surface area contributed by atoms with Crippen molar-refractivity contribution >= 4 is 17.2 Å². The number of ether oxygens (including phenoxy) is 1. The van der Waals surface area contributed by atoms with Crippen LogP contribution in [0.3, 0.4) is 0 Å². The summed E-state index contributed by atoms with van der Waals surface area (Å²) in [6.45, 7) is 2.50. The summed E-state index contributed by atoms with van der Waals surface area (Å²) < 4.78 is 14.2. The van der Waals surface area contributed by atoms with Crippen LogP contribution < -0.4 is 5.69 Å². The second-order valence-corrected chi connectivity index (χ2v) is 7.59. The van der Waals surface area contributed by atoms with E-state index in [1.165, 1.54) is 4.68 Å². The zero-order chi connectivity index (χ0) is 20.0. The van der Waals surface area contributed by atoms with E-state index in [-0.39, 0.29) is 24.3 Å². The molecule has 8 nitrogen and oxygen atoms in total. The number of benzene rings is 1. The topological polar surface area (TPSA) is 87.4 Å². The highest BCUT2D eigenvalue weighted by atomic mass is 35.5. The minimum atomic E-state index is -0.232. The van der Waals surface area contributed by atoms with E-state index < -0.39 is 0 Å². The van der Waals surface area contributed by atoms with Crippen molar-refractivity contribution in [2.75, 3.05) is 6.61 Å². The number of nitrogens with zero attached hydrogens (tertiary/aromatic N) is 5. The Bertz CT molecular complexity index is 1230. The van der Waals surface area contributed by atoms with Crippen molar-refractivity contribution in [2.24, 2.45) is 0 Å². The molecule has 1 fully saturated rings. The van der Waals surface area contributed by atoms with E-state index in [9.17, 15) is 4.79 Å². The molecule has 0 N–H and O–H groups in total. The normalized spacial score (nSPS) is 19.2. The van der Waals surface area contributed by atoms with Crippen molar-refractivity contribution in [1.29, 1.82) is 0 Å². The van der Waals surface area contributed by atoms with Gasteiger partial charge in [0.2, 0.25) is 5.89 Å². The summed E-state index contributed by atoms with van der Waals surface area (Å²) in [6, 6.07) is 13.2. The highest BCUT2D eigenvalue weighted by molar-refractivity contribution is 6.30. The van der Waals surface area contributed by atoms with Crippen molar-refractivity contribution in [1.82, 2.24) is 24.3 Å². The molecule has 0 spiro atoms. The van der Waals surface area contributed by atoms with Gasteiger partial charge in [0.15, 0.2) is 11.5 Å². The summed E-state index contributed by atoms with van der Waals surface area (Å²) in [5, 5.41) is 9.14. The maximum atomic E-state index is 12.6. The van der Waals surface area contributed by atoms with Gasteiger partial charge in [0.25, 0.3) is 0 Å². The second-order valence-electron chi connectivity index (χ2n) is 7.15. The van der Waals surface area contributed by atoms with Crippen molar-refractivity contribution in [3.63, 3.8) is 0 Å². The number of hydrogen-bond donors (Lipinski definition) is 0. The van der Waals surface area contributed by atoms with Crippen LogP contribution in [0.25, 0.3) is 5.65 Å². The quantitative estimate of drug-likeness (QED) is 0.512. The Hall–Kier alpha value is -2.97. The molecule has 4 aromatic rings. The fraction of sp³-hybridized carbons (Fsp3) is 0.300. The fourth-order valence-electron chi connectivity index (χ4n) is 3.66. The van der Waals surface area contributed by atoms with Crippen LogP contribution in [0.2, 0.25) is 5.02 Å². The Kier molecular flexibility index (Phi) is 4.44. The van der Waals surface area contributed by atoms with E-state index in [0.717, 1.165) is 17.7 Å². The lowest BCUT2D eigenvalue weighted by Crippen LogP contribution is -2.22. The van der Waals surface area contributed by atoms with E-state index in [1.807, 2.05) is 43.3 Å². The molecule has 29 heavy (non-hydrogen) atoms. The molecule has 148 valence electrons. The van der Waals surface area contributed by atoms with Crippen LogP contribution in [0.1, 0.15) is 41.4 Å². The number of aromatic nitrogens is 5. The standard InChI is InChI=1S/C20H18ClN5O3/c1-12-3-2-4-17-23-25(20(27)26(12)17)10-18-22-19(24-29-18)14-9-16(28-11-14)13-5-7-15(21)8-6-13/h2-8,14,16H,9-11H2,1H3. The maximum absolute atomic E-state index is 12.6. The Morgan fingerprint density at radius 1 is 1.21 bits per heavy atom. The van der Waals surface area contributed by atoms with Gasteiger partial charge in [0.05, 0.1) is 12.7 Å². The lowest BCUT2D eigenvalue weighted by molar-refractivity contribution is 0.110. The molecule has 0 saturated carbocycles. The van der Waals surface area contributed by atoms with Crippen molar-refractivity contribution in [3.05, 3.63) is 80.9 Å². The van der Waals surface area contributed by atoms with E-state index >= 15 is 0 Å². The molecule has 2 atom stereocenters. The Morgan fingerprint density at radius 2 is 2.03 bits per heavy atom. The molecule has 4 heterocycles. The Morgan fingerprint density at radius 3 is 2.83 bits per heavy atom. The molecule has 1 aliphatic heterocycles. The Balaban J connectivity index is 1.33. The molecule has 0 bridgehead atoms. The van der Waals surface area contributed by atoms with Gasteiger partial charge in [-0.15, -0.1) is 5.10 Å². The molecular formula is C20H18ClN5O3. The summed E-state index contributed by atoms with van der Waals surface area (Å²) in [7, 11) is 0. The predicted octanol–water partition coefficient (Wildman–Crippen LogP) is 3.13. The summed E-state index contributed by atoms with van der Waals surface area (Å²) >= 11 is 5.95. The van der Waals surface area contributed by atoms with Gasteiger partial charge in [0, 0.05) is 16.6 Å². The lowest BCUT2D eigenvalue weighted by Gasteiger charge is -2.09. The molecule has 1 aliphatic rings. The number of hydrogen-bond acceptors (Lipinski definition) is 6. The van der Waals surface area contributed by atoms with Crippen molar-refractivity contribution < 1.29 is 9.26 Å². The first-order valence-corrected chi connectivity index (χ1v) is 9.71. The zero-order valence-electron chi connectivity index (χ0n) is 15.7. The van der Waals surface area contributed by atoms with Crippen molar-refractivity contribution in [3.8, 4) is 0 Å². The van der Waals surface area contributed by atoms with Gasteiger partial charge in [-0.25, -0.2) is 13.9 Å². The van der Waals surface area contributed by atoms with Crippen LogP contribution in [-0.4, -0.2) is 30.9 Å². The summed E-state index contributed by atoms with van der Waals surface area (Å²) in [4.78, 5) is 17.1. The zero-order valence-corrected chi connectivity index (χ0v) is 16.4. The van der Waals surface area contributed by atoms with Gasteiger partial charge >= 0.3 is 5.69 Å². The van der Waals surface area contributed by atoms with E-state index in [0.29, 0.717) is 29.0 Å². The SMILES string of the molecule is Cc1cccc2nn(Cc3nc(C4COC(c5ccc(Cl)cc5)C4)no3)c(=O)n12. The Labute approximate surface area is 170 Å². The van der Waals surface area contributed by atoms with Gasteiger partial charge in [0.1, 0.15) is 6.54 Å². The molecule has 1 aromatic carbocycles. The number of fused-ring (bicyclic) bond motifs is 1. The lowest BCUT2D eigenvalue weighted by atomic mass is 10.0. The van der Waals surface area contributed by atoms with Gasteiger partial charge in [-0.1, -0.05) is 35.0 Å². The number of halogens is 1. The molecule has 3 aromatic heterocycles. The first-order chi connectivity index (χ1) is 14.1. The van der Waals surface area contributed by atoms with Gasteiger partial charge < -0.3 is 9.26 Å². The van der Waals surface area contributed by atoms with E-state index in [2.05, 4.69) is 15.2 Å². The highest BCUT2D eigenvalue weighted by Crippen LogP contribution is 2.37. The third-order valence-electron chi connectivity index (χ3n) is 5.17. The molecule has 2 unspecified atom stereocenters. The number of rotatable bonds is 4. The fourth-order valence-corrected chi connectivity index (χ4v) is 3.78. The summed E-state index contributed by atoms with van der Waals surface area (Å²) in [5.41, 5.74) is 2.25. The van der Waals surface area contributed by atoms with Crippen LogP contribution >= 0.6 is 11.6 Å². The highest BCUT2D eigenvalue weighted by Gasteiger charge is 2.31. The molecule has 0 aliphatic carbocycles. The van der Waals surface area contributed by atoms with Crippen LogP contribution in [-0.2, 0) is 11.3 Å². The van der Waals surface area contributed by atoms with Crippen LogP contribution in [0.5, 0.6) is 0 Å². The molecule has 0 radical (unpaired) electrons. The van der Waals surface area contributed by atoms with Gasteiger partial charge in [-0.3, -0.25) is 0 Å². The average molecular weight is 412 g/mol. The number of pyridine rings is 1. The molecular weight excluding hydrogens is 394 g/mol. The first kappa shape index (κ1) is 18.1. The van der Waals surface area contributed by atoms with E-state index in [1.54, 1.807) is 10.5 Å². The first-order valence-electron chi connectivity index (χ1n) is 9.33. The second kappa shape index (κ2) is 7.13. The monoisotopic (exact) mass is 411 g/mol. The van der Waals surface area contributed by atoms with Gasteiger partial charge in [-0.2, -0.15) is 4.98 Å². The summed E-state index contributed by atoms with van der Waals surface area (Å²) in [5.74, 6) is 0.968. The third kappa shape index (κ3) is 3.34. The minimum Gasteiger partial charge on any atom is -0.373 e. The van der Waals surface area contributed by atoms with Crippen molar-refractivity contribution in [2.45, 2.75) is 31.9 Å². The molecule has 0 amide bonds. The minimum absolute atomic E-state index is 0.0248. The average Bonchev–Trinajstić information content (AvgIpc) is 3.43. The number of aryl methyl sites for hydroxylation is 1. The van der Waals surface area contributed by atoms with Crippen LogP contribution in [0.4, 0.5) is 0 Å². The maximum Gasteiger partial charge on any atom is 0.351 e.